The van der Waals surface area contributed by atoms with Gasteiger partial charge >= 0.3 is 0 Å². The summed E-state index contributed by atoms with van der Waals surface area (Å²) in [7, 11) is 0. The third-order valence-corrected chi connectivity index (χ3v) is 3.67. The van der Waals surface area contributed by atoms with Gasteiger partial charge in [-0.05, 0) is 37.2 Å². The summed E-state index contributed by atoms with van der Waals surface area (Å²) in [6, 6.07) is 0. The lowest BCUT2D eigenvalue weighted by Gasteiger charge is -2.43. The molecule has 13 heavy (non-hydrogen) atoms. The quantitative estimate of drug-likeness (QED) is 0.686. The zero-order chi connectivity index (χ0) is 10.1. The minimum Gasteiger partial charge on any atom is -0.512 e. The Morgan fingerprint density at radius 2 is 1.77 bits per heavy atom. The molecule has 1 heteroatoms. The molecule has 1 nitrogen and oxygen atoms in total. The standard InChI is InChI=1S/C12H22O/c1-9(2)12(10(3)4)8-6-5-7-11(12)13/h7,9-10,13H,5-6,8H2,1-4H3. The number of allylic oxidation sites excluding steroid dienone is 2. The van der Waals surface area contributed by atoms with Gasteiger partial charge in [-0.2, -0.15) is 0 Å². The van der Waals surface area contributed by atoms with Crippen molar-refractivity contribution in [3.63, 3.8) is 0 Å². The third kappa shape index (κ3) is 1.61. The lowest BCUT2D eigenvalue weighted by atomic mass is 9.63. The third-order valence-electron chi connectivity index (χ3n) is 3.67. The summed E-state index contributed by atoms with van der Waals surface area (Å²) >= 11 is 0. The first-order chi connectivity index (χ1) is 6.01. The van der Waals surface area contributed by atoms with Gasteiger partial charge in [0.25, 0.3) is 0 Å². The number of aliphatic hydroxyl groups excluding tert-OH is 1. The maximum atomic E-state index is 10.0. The summed E-state index contributed by atoms with van der Waals surface area (Å²) in [5.41, 5.74) is 0.0538. The van der Waals surface area contributed by atoms with Crippen molar-refractivity contribution >= 4 is 0 Å². The van der Waals surface area contributed by atoms with Crippen LogP contribution in [0.15, 0.2) is 11.8 Å². The van der Waals surface area contributed by atoms with E-state index >= 15 is 0 Å². The topological polar surface area (TPSA) is 20.2 Å². The van der Waals surface area contributed by atoms with Crippen LogP contribution in [0.1, 0.15) is 47.0 Å². The molecular formula is C12H22O. The van der Waals surface area contributed by atoms with E-state index in [-0.39, 0.29) is 5.41 Å². The molecule has 1 rings (SSSR count). The van der Waals surface area contributed by atoms with Crippen LogP contribution < -0.4 is 0 Å². The first-order valence-corrected chi connectivity index (χ1v) is 5.41. The fraction of sp³-hybridized carbons (Fsp3) is 0.833. The number of aliphatic hydroxyl groups is 1. The Kier molecular flexibility index (Phi) is 3.05. The van der Waals surface area contributed by atoms with E-state index in [9.17, 15) is 5.11 Å². The molecule has 0 bridgehead atoms. The van der Waals surface area contributed by atoms with Crippen molar-refractivity contribution in [2.75, 3.05) is 0 Å². The van der Waals surface area contributed by atoms with Crippen LogP contribution in [-0.2, 0) is 0 Å². The smallest absolute Gasteiger partial charge is 0.0949 e. The van der Waals surface area contributed by atoms with Crippen molar-refractivity contribution in [3.8, 4) is 0 Å². The van der Waals surface area contributed by atoms with E-state index in [0.717, 1.165) is 12.8 Å². The van der Waals surface area contributed by atoms with Crippen LogP contribution in [0.2, 0.25) is 0 Å². The van der Waals surface area contributed by atoms with Crippen LogP contribution in [0.3, 0.4) is 0 Å². The highest BCUT2D eigenvalue weighted by atomic mass is 16.3. The molecule has 0 aromatic carbocycles. The van der Waals surface area contributed by atoms with Crippen LogP contribution in [-0.4, -0.2) is 5.11 Å². The van der Waals surface area contributed by atoms with Crippen molar-refractivity contribution in [2.24, 2.45) is 17.3 Å². The summed E-state index contributed by atoms with van der Waals surface area (Å²) in [5.74, 6) is 1.71. The first kappa shape index (κ1) is 10.6. The van der Waals surface area contributed by atoms with E-state index in [4.69, 9.17) is 0 Å². The van der Waals surface area contributed by atoms with Crippen LogP contribution in [0.4, 0.5) is 0 Å². The van der Waals surface area contributed by atoms with E-state index in [0.29, 0.717) is 17.6 Å². The molecule has 0 atom stereocenters. The van der Waals surface area contributed by atoms with E-state index < -0.39 is 0 Å². The molecule has 0 spiro atoms. The van der Waals surface area contributed by atoms with Gasteiger partial charge in [-0.25, -0.2) is 0 Å². The summed E-state index contributed by atoms with van der Waals surface area (Å²) < 4.78 is 0. The van der Waals surface area contributed by atoms with Crippen molar-refractivity contribution in [1.29, 1.82) is 0 Å². The van der Waals surface area contributed by atoms with E-state index in [1.54, 1.807) is 0 Å². The minimum absolute atomic E-state index is 0.0538. The molecule has 0 aliphatic heterocycles. The zero-order valence-electron chi connectivity index (χ0n) is 9.30. The maximum Gasteiger partial charge on any atom is 0.0949 e. The summed E-state index contributed by atoms with van der Waals surface area (Å²) in [5, 5.41) is 10.0. The Labute approximate surface area is 81.9 Å². The van der Waals surface area contributed by atoms with Crippen LogP contribution >= 0.6 is 0 Å². The van der Waals surface area contributed by atoms with Crippen molar-refractivity contribution in [3.05, 3.63) is 11.8 Å². The molecule has 0 fully saturated rings. The van der Waals surface area contributed by atoms with E-state index in [1.807, 2.05) is 6.08 Å². The molecule has 1 aliphatic rings. The number of hydrogen-bond acceptors (Lipinski definition) is 1. The van der Waals surface area contributed by atoms with Crippen molar-refractivity contribution in [1.82, 2.24) is 0 Å². The SMILES string of the molecule is CC(C)C1(C(C)C)CCCC=C1O. The van der Waals surface area contributed by atoms with Gasteiger partial charge in [0.15, 0.2) is 0 Å². The predicted molar refractivity (Wildman–Crippen MR) is 56.7 cm³/mol. The number of hydrogen-bond donors (Lipinski definition) is 1. The second-order valence-corrected chi connectivity index (χ2v) is 4.83. The minimum atomic E-state index is 0.0538. The van der Waals surface area contributed by atoms with Gasteiger partial charge < -0.3 is 5.11 Å². The van der Waals surface area contributed by atoms with Gasteiger partial charge in [0, 0.05) is 5.41 Å². The summed E-state index contributed by atoms with van der Waals surface area (Å²) in [6.07, 6.45) is 5.43. The lowest BCUT2D eigenvalue weighted by Crippen LogP contribution is -2.36. The molecule has 0 aromatic rings. The molecule has 0 heterocycles. The van der Waals surface area contributed by atoms with E-state index in [2.05, 4.69) is 27.7 Å². The average Bonchev–Trinajstić information content (AvgIpc) is 2.04. The van der Waals surface area contributed by atoms with Crippen molar-refractivity contribution < 1.29 is 5.11 Å². The molecule has 0 aromatic heterocycles. The van der Waals surface area contributed by atoms with Gasteiger partial charge in [-0.1, -0.05) is 27.7 Å². The summed E-state index contributed by atoms with van der Waals surface area (Å²) in [6.45, 7) is 8.87. The Bertz CT molecular complexity index is 193. The van der Waals surface area contributed by atoms with Crippen LogP contribution in [0.5, 0.6) is 0 Å². The lowest BCUT2D eigenvalue weighted by molar-refractivity contribution is 0.0729. The van der Waals surface area contributed by atoms with Gasteiger partial charge in [0.1, 0.15) is 0 Å². The zero-order valence-corrected chi connectivity index (χ0v) is 9.30. The normalized spacial score (nSPS) is 22.2. The molecular weight excluding hydrogens is 160 g/mol. The Morgan fingerprint density at radius 3 is 2.08 bits per heavy atom. The fourth-order valence-corrected chi connectivity index (χ4v) is 2.79. The van der Waals surface area contributed by atoms with Gasteiger partial charge in [0.2, 0.25) is 0 Å². The van der Waals surface area contributed by atoms with E-state index in [1.165, 1.54) is 6.42 Å². The molecule has 0 amide bonds. The first-order valence-electron chi connectivity index (χ1n) is 5.41. The fourth-order valence-electron chi connectivity index (χ4n) is 2.79. The highest BCUT2D eigenvalue weighted by Gasteiger charge is 2.41. The second-order valence-electron chi connectivity index (χ2n) is 4.83. The van der Waals surface area contributed by atoms with Gasteiger partial charge in [-0.3, -0.25) is 0 Å². The summed E-state index contributed by atoms with van der Waals surface area (Å²) in [4.78, 5) is 0. The average molecular weight is 182 g/mol. The molecule has 0 saturated heterocycles. The Morgan fingerprint density at radius 1 is 1.23 bits per heavy atom. The maximum absolute atomic E-state index is 10.0. The van der Waals surface area contributed by atoms with Gasteiger partial charge in [0.05, 0.1) is 5.76 Å². The van der Waals surface area contributed by atoms with Crippen LogP contribution in [0, 0.1) is 17.3 Å². The highest BCUT2D eigenvalue weighted by Crippen LogP contribution is 2.48. The second kappa shape index (κ2) is 3.73. The largest absolute Gasteiger partial charge is 0.512 e. The molecule has 1 aliphatic carbocycles. The molecule has 0 unspecified atom stereocenters. The molecule has 1 N–H and O–H groups in total. The van der Waals surface area contributed by atoms with Crippen molar-refractivity contribution in [2.45, 2.75) is 47.0 Å². The van der Waals surface area contributed by atoms with Gasteiger partial charge in [-0.15, -0.1) is 0 Å². The van der Waals surface area contributed by atoms with Crippen LogP contribution in [0.25, 0.3) is 0 Å². The molecule has 0 radical (unpaired) electrons. The highest BCUT2D eigenvalue weighted by molar-refractivity contribution is 5.12. The predicted octanol–water partition coefficient (Wildman–Crippen LogP) is 3.91. The Hall–Kier alpha value is -0.460. The molecule has 0 saturated carbocycles. The number of rotatable bonds is 2. The monoisotopic (exact) mass is 182 g/mol. The Balaban J connectivity index is 3.02. The molecule has 76 valence electrons.